The fraction of sp³-hybridized carbons (Fsp3) is 0.500. The van der Waals surface area contributed by atoms with E-state index in [1.807, 2.05) is 6.26 Å². The highest BCUT2D eigenvalue weighted by Crippen LogP contribution is 2.15. The Bertz CT molecular complexity index is 374. The van der Waals surface area contributed by atoms with Crippen molar-refractivity contribution in [2.75, 3.05) is 18.6 Å². The van der Waals surface area contributed by atoms with Gasteiger partial charge in [-0.05, 0) is 31.4 Å². The van der Waals surface area contributed by atoms with Crippen molar-refractivity contribution < 1.29 is 9.50 Å². The lowest BCUT2D eigenvalue weighted by Crippen LogP contribution is -2.39. The number of hydrogen-bond acceptors (Lipinski definition) is 3. The van der Waals surface area contributed by atoms with Gasteiger partial charge < -0.3 is 10.4 Å². The summed E-state index contributed by atoms with van der Waals surface area (Å²) in [5.41, 5.74) is -0.272. The van der Waals surface area contributed by atoms with E-state index in [-0.39, 0.29) is 5.82 Å². The highest BCUT2D eigenvalue weighted by molar-refractivity contribution is 7.98. The normalized spacial score (nSPS) is 14.6. The SMILES string of the molecule is CSCC(C)(O)CNCc1cc(Cl)ccc1F. The van der Waals surface area contributed by atoms with Crippen molar-refractivity contribution in [3.05, 3.63) is 34.6 Å². The average molecular weight is 278 g/mol. The van der Waals surface area contributed by atoms with E-state index in [1.165, 1.54) is 12.1 Å². The van der Waals surface area contributed by atoms with Crippen LogP contribution in [0, 0.1) is 5.82 Å². The number of nitrogens with one attached hydrogen (secondary N) is 1. The third kappa shape index (κ3) is 5.25. The molecule has 5 heteroatoms. The van der Waals surface area contributed by atoms with Gasteiger partial charge in [-0.3, -0.25) is 0 Å². The van der Waals surface area contributed by atoms with Crippen molar-refractivity contribution >= 4 is 23.4 Å². The Hall–Kier alpha value is -0.290. The van der Waals surface area contributed by atoms with E-state index >= 15 is 0 Å². The third-order valence-corrected chi connectivity index (χ3v) is 3.43. The predicted octanol–water partition coefficient (Wildman–Crippen LogP) is 2.68. The molecule has 1 aromatic rings. The third-order valence-electron chi connectivity index (χ3n) is 2.28. The fourth-order valence-electron chi connectivity index (χ4n) is 1.51. The molecule has 0 aliphatic rings. The summed E-state index contributed by atoms with van der Waals surface area (Å²) in [6.45, 7) is 2.53. The lowest BCUT2D eigenvalue weighted by Gasteiger charge is -2.22. The molecule has 0 aliphatic heterocycles. The predicted molar refractivity (Wildman–Crippen MR) is 72.1 cm³/mol. The van der Waals surface area contributed by atoms with Gasteiger partial charge in [0.2, 0.25) is 0 Å². The van der Waals surface area contributed by atoms with Crippen molar-refractivity contribution in [3.8, 4) is 0 Å². The van der Waals surface area contributed by atoms with Gasteiger partial charge >= 0.3 is 0 Å². The minimum absolute atomic E-state index is 0.286. The molecule has 0 saturated carbocycles. The first kappa shape index (κ1) is 14.8. The van der Waals surface area contributed by atoms with E-state index in [9.17, 15) is 9.50 Å². The minimum atomic E-state index is -0.783. The molecular weight excluding hydrogens is 261 g/mol. The van der Waals surface area contributed by atoms with Crippen molar-refractivity contribution in [1.82, 2.24) is 5.32 Å². The summed E-state index contributed by atoms with van der Waals surface area (Å²) in [4.78, 5) is 0. The van der Waals surface area contributed by atoms with E-state index in [1.54, 1.807) is 24.8 Å². The van der Waals surface area contributed by atoms with Crippen molar-refractivity contribution in [2.45, 2.75) is 19.1 Å². The zero-order chi connectivity index (χ0) is 12.9. The molecule has 0 aromatic heterocycles. The zero-order valence-corrected chi connectivity index (χ0v) is 11.5. The van der Waals surface area contributed by atoms with E-state index < -0.39 is 5.60 Å². The molecule has 0 radical (unpaired) electrons. The Morgan fingerprint density at radius 3 is 2.88 bits per heavy atom. The Kier molecular flexibility index (Phi) is 5.73. The summed E-state index contributed by atoms with van der Waals surface area (Å²) in [6.07, 6.45) is 1.94. The van der Waals surface area contributed by atoms with Gasteiger partial charge in [0.05, 0.1) is 5.60 Å². The van der Waals surface area contributed by atoms with Crippen LogP contribution < -0.4 is 5.32 Å². The second kappa shape index (κ2) is 6.59. The molecule has 0 bridgehead atoms. The summed E-state index contributed by atoms with van der Waals surface area (Å²) < 4.78 is 13.4. The highest BCUT2D eigenvalue weighted by atomic mass is 35.5. The molecule has 1 rings (SSSR count). The van der Waals surface area contributed by atoms with Crippen LogP contribution in [0.4, 0.5) is 4.39 Å². The molecule has 0 amide bonds. The quantitative estimate of drug-likeness (QED) is 0.839. The van der Waals surface area contributed by atoms with Gasteiger partial charge in [-0.25, -0.2) is 4.39 Å². The number of rotatable bonds is 6. The first-order valence-corrected chi connectivity index (χ1v) is 7.08. The summed E-state index contributed by atoms with van der Waals surface area (Å²) >= 11 is 7.36. The molecule has 2 N–H and O–H groups in total. The highest BCUT2D eigenvalue weighted by Gasteiger charge is 2.18. The van der Waals surface area contributed by atoms with Crippen molar-refractivity contribution in [3.63, 3.8) is 0 Å². The van der Waals surface area contributed by atoms with Crippen LogP contribution in [0.2, 0.25) is 5.02 Å². The fourth-order valence-corrected chi connectivity index (χ4v) is 2.43. The molecule has 0 heterocycles. The van der Waals surface area contributed by atoms with Gasteiger partial charge in [0.25, 0.3) is 0 Å². The van der Waals surface area contributed by atoms with Crippen LogP contribution in [0.15, 0.2) is 18.2 Å². The summed E-state index contributed by atoms with van der Waals surface area (Å²) in [7, 11) is 0. The van der Waals surface area contributed by atoms with Crippen LogP contribution >= 0.6 is 23.4 Å². The molecule has 17 heavy (non-hydrogen) atoms. The van der Waals surface area contributed by atoms with Crippen LogP contribution in [-0.2, 0) is 6.54 Å². The first-order valence-electron chi connectivity index (χ1n) is 5.30. The summed E-state index contributed by atoms with van der Waals surface area (Å²) in [5, 5.41) is 13.5. The van der Waals surface area contributed by atoms with Gasteiger partial charge in [0.1, 0.15) is 5.82 Å². The molecule has 1 unspecified atom stereocenters. The van der Waals surface area contributed by atoms with Gasteiger partial charge in [0.15, 0.2) is 0 Å². The second-order valence-corrected chi connectivity index (χ2v) is 5.57. The van der Waals surface area contributed by atoms with Crippen molar-refractivity contribution in [1.29, 1.82) is 0 Å². The van der Waals surface area contributed by atoms with Crippen LogP contribution in [0.5, 0.6) is 0 Å². The maximum Gasteiger partial charge on any atom is 0.127 e. The van der Waals surface area contributed by atoms with Crippen LogP contribution in [0.25, 0.3) is 0 Å². The Morgan fingerprint density at radius 2 is 2.24 bits per heavy atom. The Morgan fingerprint density at radius 1 is 1.53 bits per heavy atom. The van der Waals surface area contributed by atoms with Gasteiger partial charge in [0, 0.05) is 29.4 Å². The smallest absolute Gasteiger partial charge is 0.127 e. The number of hydrogen-bond donors (Lipinski definition) is 2. The molecule has 0 saturated heterocycles. The van der Waals surface area contributed by atoms with Crippen LogP contribution in [0.3, 0.4) is 0 Å². The lowest BCUT2D eigenvalue weighted by atomic mass is 10.1. The second-order valence-electron chi connectivity index (χ2n) is 4.27. The molecule has 0 aliphatic carbocycles. The Labute approximate surface area is 111 Å². The standard InChI is InChI=1S/C12H17ClFNOS/c1-12(16,8-17-2)7-15-6-9-5-10(13)3-4-11(9)14/h3-5,15-16H,6-8H2,1-2H3. The monoisotopic (exact) mass is 277 g/mol. The molecule has 0 spiro atoms. The van der Waals surface area contributed by atoms with Crippen LogP contribution in [-0.4, -0.2) is 29.3 Å². The van der Waals surface area contributed by atoms with Gasteiger partial charge in [-0.15, -0.1) is 0 Å². The van der Waals surface area contributed by atoms with E-state index in [2.05, 4.69) is 5.32 Å². The number of benzene rings is 1. The lowest BCUT2D eigenvalue weighted by molar-refractivity contribution is 0.0845. The van der Waals surface area contributed by atoms with Gasteiger partial charge in [-0.2, -0.15) is 11.8 Å². The maximum absolute atomic E-state index is 13.4. The van der Waals surface area contributed by atoms with Crippen LogP contribution in [0.1, 0.15) is 12.5 Å². The summed E-state index contributed by atoms with van der Waals surface area (Å²) in [6, 6.07) is 4.46. The van der Waals surface area contributed by atoms with E-state index in [0.717, 1.165) is 0 Å². The van der Waals surface area contributed by atoms with Crippen molar-refractivity contribution in [2.24, 2.45) is 0 Å². The minimum Gasteiger partial charge on any atom is -0.388 e. The number of thioether (sulfide) groups is 1. The Balaban J connectivity index is 2.48. The topological polar surface area (TPSA) is 32.3 Å². The summed E-state index contributed by atoms with van der Waals surface area (Å²) in [5.74, 6) is 0.351. The molecule has 0 fully saturated rings. The average Bonchev–Trinajstić information content (AvgIpc) is 2.23. The molecule has 2 nitrogen and oxygen atoms in total. The number of halogens is 2. The number of aliphatic hydroxyl groups is 1. The van der Waals surface area contributed by atoms with E-state index in [0.29, 0.717) is 29.4 Å². The molecular formula is C12H17ClFNOS. The largest absolute Gasteiger partial charge is 0.388 e. The molecule has 96 valence electrons. The maximum atomic E-state index is 13.4. The van der Waals surface area contributed by atoms with E-state index in [4.69, 9.17) is 11.6 Å². The zero-order valence-electron chi connectivity index (χ0n) is 9.96. The van der Waals surface area contributed by atoms with Gasteiger partial charge in [-0.1, -0.05) is 11.6 Å². The molecule has 1 aromatic carbocycles. The first-order chi connectivity index (χ1) is 7.94. The molecule has 1 atom stereocenters.